The highest BCUT2D eigenvalue weighted by atomic mass is 35.5. The third kappa shape index (κ3) is 4.77. The van der Waals surface area contributed by atoms with Gasteiger partial charge in [-0.1, -0.05) is 35.9 Å². The van der Waals surface area contributed by atoms with Crippen molar-refractivity contribution in [2.75, 3.05) is 12.3 Å². The number of anilines is 1. The standard InChI is InChI=1S/C20H21ClN2O2/c1-14(6-5-11-24-17-9-4-8-16(21)13-17)25-19-12-15-7-2-3-10-18(15)23-20(19)22/h2-4,7-10,12-14H,5-6,11H2,1H3,(H2,22,23). The van der Waals surface area contributed by atoms with Gasteiger partial charge in [0, 0.05) is 10.4 Å². The number of ether oxygens (including phenoxy) is 2. The topological polar surface area (TPSA) is 57.4 Å². The lowest BCUT2D eigenvalue weighted by Gasteiger charge is -2.16. The molecule has 0 aliphatic rings. The first-order chi connectivity index (χ1) is 12.1. The molecule has 0 amide bonds. The minimum Gasteiger partial charge on any atom is -0.494 e. The SMILES string of the molecule is CC(CCCOc1cccc(Cl)c1)Oc1cc2ccccc2nc1N. The monoisotopic (exact) mass is 356 g/mol. The Morgan fingerprint density at radius 2 is 1.96 bits per heavy atom. The van der Waals surface area contributed by atoms with E-state index in [1.54, 1.807) is 0 Å². The zero-order valence-electron chi connectivity index (χ0n) is 14.1. The van der Waals surface area contributed by atoms with Gasteiger partial charge in [-0.25, -0.2) is 4.98 Å². The van der Waals surface area contributed by atoms with Crippen LogP contribution in [0.5, 0.6) is 11.5 Å². The molecular formula is C20H21ClN2O2. The fraction of sp³-hybridized carbons (Fsp3) is 0.250. The van der Waals surface area contributed by atoms with E-state index in [0.717, 1.165) is 29.5 Å². The molecule has 0 radical (unpaired) electrons. The van der Waals surface area contributed by atoms with Crippen molar-refractivity contribution in [2.24, 2.45) is 0 Å². The fourth-order valence-corrected chi connectivity index (χ4v) is 2.78. The number of nitrogens with zero attached hydrogens (tertiary/aromatic N) is 1. The third-order valence-electron chi connectivity index (χ3n) is 3.86. The zero-order valence-corrected chi connectivity index (χ0v) is 14.9. The van der Waals surface area contributed by atoms with Crippen LogP contribution in [-0.4, -0.2) is 17.7 Å². The van der Waals surface area contributed by atoms with E-state index < -0.39 is 0 Å². The number of pyridine rings is 1. The van der Waals surface area contributed by atoms with Crippen molar-refractivity contribution in [1.82, 2.24) is 4.98 Å². The summed E-state index contributed by atoms with van der Waals surface area (Å²) in [5, 5.41) is 1.69. The molecule has 2 aromatic carbocycles. The maximum absolute atomic E-state index is 6.01. The number of rotatable bonds is 7. The van der Waals surface area contributed by atoms with Crippen LogP contribution in [0, 0.1) is 0 Å². The molecule has 0 aliphatic heterocycles. The summed E-state index contributed by atoms with van der Waals surface area (Å²) in [6.07, 6.45) is 1.75. The Kier molecular flexibility index (Phi) is 5.61. The van der Waals surface area contributed by atoms with Crippen molar-refractivity contribution in [2.45, 2.75) is 25.9 Å². The molecule has 1 aromatic heterocycles. The molecule has 0 saturated heterocycles. The number of hydrogen-bond donors (Lipinski definition) is 1. The van der Waals surface area contributed by atoms with Crippen molar-refractivity contribution in [1.29, 1.82) is 0 Å². The van der Waals surface area contributed by atoms with Crippen LogP contribution >= 0.6 is 11.6 Å². The summed E-state index contributed by atoms with van der Waals surface area (Å²) in [5.74, 6) is 1.83. The van der Waals surface area contributed by atoms with Crippen molar-refractivity contribution in [3.63, 3.8) is 0 Å². The summed E-state index contributed by atoms with van der Waals surface area (Å²) in [7, 11) is 0. The molecular weight excluding hydrogens is 336 g/mol. The molecule has 5 heteroatoms. The average Bonchev–Trinajstić information content (AvgIpc) is 2.59. The molecule has 0 bridgehead atoms. The number of aromatic nitrogens is 1. The molecule has 0 saturated carbocycles. The van der Waals surface area contributed by atoms with Gasteiger partial charge in [0.2, 0.25) is 0 Å². The van der Waals surface area contributed by atoms with Crippen LogP contribution in [0.2, 0.25) is 5.02 Å². The molecule has 25 heavy (non-hydrogen) atoms. The van der Waals surface area contributed by atoms with Crippen molar-refractivity contribution in [3.8, 4) is 11.5 Å². The first-order valence-corrected chi connectivity index (χ1v) is 8.70. The second-order valence-corrected chi connectivity index (χ2v) is 6.38. The predicted octanol–water partition coefficient (Wildman–Crippen LogP) is 5.10. The minimum atomic E-state index is 0.0215. The van der Waals surface area contributed by atoms with Gasteiger partial charge in [-0.2, -0.15) is 0 Å². The summed E-state index contributed by atoms with van der Waals surface area (Å²) in [6, 6.07) is 17.2. The van der Waals surface area contributed by atoms with Gasteiger partial charge in [-0.05, 0) is 50.1 Å². The quantitative estimate of drug-likeness (QED) is 0.598. The Balaban J connectivity index is 1.50. The molecule has 2 N–H and O–H groups in total. The molecule has 4 nitrogen and oxygen atoms in total. The van der Waals surface area contributed by atoms with Crippen LogP contribution in [0.1, 0.15) is 19.8 Å². The molecule has 1 atom stereocenters. The van der Waals surface area contributed by atoms with E-state index >= 15 is 0 Å². The number of nitrogen functional groups attached to an aromatic ring is 1. The van der Waals surface area contributed by atoms with Gasteiger partial charge in [0.15, 0.2) is 11.6 Å². The highest BCUT2D eigenvalue weighted by Gasteiger charge is 2.10. The lowest BCUT2D eigenvalue weighted by Crippen LogP contribution is -2.14. The van der Waals surface area contributed by atoms with E-state index in [1.165, 1.54) is 0 Å². The van der Waals surface area contributed by atoms with E-state index in [2.05, 4.69) is 4.98 Å². The number of benzene rings is 2. The Labute approximate surface area is 152 Å². The first-order valence-electron chi connectivity index (χ1n) is 8.32. The zero-order chi connectivity index (χ0) is 17.6. The number of halogens is 1. The number of para-hydroxylation sites is 1. The fourth-order valence-electron chi connectivity index (χ4n) is 2.60. The lowest BCUT2D eigenvalue weighted by atomic mass is 10.2. The Morgan fingerprint density at radius 3 is 2.80 bits per heavy atom. The maximum atomic E-state index is 6.01. The van der Waals surface area contributed by atoms with E-state index in [1.807, 2.05) is 61.5 Å². The van der Waals surface area contributed by atoms with Crippen molar-refractivity contribution < 1.29 is 9.47 Å². The van der Waals surface area contributed by atoms with Crippen LogP contribution in [0.15, 0.2) is 54.6 Å². The lowest BCUT2D eigenvalue weighted by molar-refractivity contribution is 0.194. The molecule has 1 heterocycles. The second kappa shape index (κ2) is 8.08. The van der Waals surface area contributed by atoms with Crippen LogP contribution < -0.4 is 15.2 Å². The summed E-state index contributed by atoms with van der Waals surface area (Å²) >= 11 is 5.94. The highest BCUT2D eigenvalue weighted by Crippen LogP contribution is 2.26. The van der Waals surface area contributed by atoms with Gasteiger partial charge >= 0.3 is 0 Å². The van der Waals surface area contributed by atoms with Gasteiger partial charge in [-0.3, -0.25) is 0 Å². The predicted molar refractivity (Wildman–Crippen MR) is 102 cm³/mol. The van der Waals surface area contributed by atoms with Crippen molar-refractivity contribution in [3.05, 3.63) is 59.6 Å². The largest absolute Gasteiger partial charge is 0.494 e. The number of fused-ring (bicyclic) bond motifs is 1. The van der Waals surface area contributed by atoms with Crippen LogP contribution in [0.4, 0.5) is 5.82 Å². The maximum Gasteiger partial charge on any atom is 0.166 e. The van der Waals surface area contributed by atoms with Crippen LogP contribution in [0.25, 0.3) is 10.9 Å². The van der Waals surface area contributed by atoms with Gasteiger partial charge in [0.05, 0.1) is 18.2 Å². The Bertz CT molecular complexity index is 854. The summed E-state index contributed by atoms with van der Waals surface area (Å²) in [6.45, 7) is 2.63. The van der Waals surface area contributed by atoms with Gasteiger partial charge < -0.3 is 15.2 Å². The Hall–Kier alpha value is -2.46. The summed E-state index contributed by atoms with van der Waals surface area (Å²) in [4.78, 5) is 4.39. The number of nitrogens with two attached hydrogens (primary N) is 1. The molecule has 0 spiro atoms. The van der Waals surface area contributed by atoms with E-state index in [-0.39, 0.29) is 6.10 Å². The smallest absolute Gasteiger partial charge is 0.166 e. The molecule has 3 aromatic rings. The summed E-state index contributed by atoms with van der Waals surface area (Å²) < 4.78 is 11.7. The number of hydrogen-bond acceptors (Lipinski definition) is 4. The van der Waals surface area contributed by atoms with Crippen molar-refractivity contribution >= 4 is 28.3 Å². The van der Waals surface area contributed by atoms with Crippen LogP contribution in [0.3, 0.4) is 0 Å². The van der Waals surface area contributed by atoms with E-state index in [0.29, 0.717) is 23.2 Å². The van der Waals surface area contributed by atoms with Gasteiger partial charge in [0.25, 0.3) is 0 Å². The van der Waals surface area contributed by atoms with E-state index in [4.69, 9.17) is 26.8 Å². The van der Waals surface area contributed by atoms with Crippen LogP contribution in [-0.2, 0) is 0 Å². The summed E-state index contributed by atoms with van der Waals surface area (Å²) in [5.41, 5.74) is 6.88. The minimum absolute atomic E-state index is 0.0215. The highest BCUT2D eigenvalue weighted by molar-refractivity contribution is 6.30. The average molecular weight is 357 g/mol. The molecule has 3 rings (SSSR count). The van der Waals surface area contributed by atoms with Gasteiger partial charge in [0.1, 0.15) is 5.75 Å². The first kappa shape index (κ1) is 17.4. The third-order valence-corrected chi connectivity index (χ3v) is 4.10. The molecule has 130 valence electrons. The Morgan fingerprint density at radius 1 is 1.12 bits per heavy atom. The molecule has 0 fully saturated rings. The second-order valence-electron chi connectivity index (χ2n) is 5.94. The molecule has 1 unspecified atom stereocenters. The normalized spacial score (nSPS) is 12.1. The van der Waals surface area contributed by atoms with E-state index in [9.17, 15) is 0 Å². The van der Waals surface area contributed by atoms with Gasteiger partial charge in [-0.15, -0.1) is 0 Å². The molecule has 0 aliphatic carbocycles.